The van der Waals surface area contributed by atoms with Crippen LogP contribution in [0.3, 0.4) is 0 Å². The van der Waals surface area contributed by atoms with Crippen LogP contribution in [0.15, 0.2) is 24.5 Å². The van der Waals surface area contributed by atoms with Crippen molar-refractivity contribution in [1.82, 2.24) is 9.88 Å². The van der Waals surface area contributed by atoms with Gasteiger partial charge in [0.2, 0.25) is 0 Å². The summed E-state index contributed by atoms with van der Waals surface area (Å²) >= 11 is 0. The van der Waals surface area contributed by atoms with Crippen LogP contribution in [0.2, 0.25) is 0 Å². The third kappa shape index (κ3) is 2.07. The smallest absolute Gasteiger partial charge is 0.310 e. The topological polar surface area (TPSA) is 42.4 Å². The summed E-state index contributed by atoms with van der Waals surface area (Å²) in [5, 5.41) is 0. The summed E-state index contributed by atoms with van der Waals surface area (Å²) in [5.74, 6) is 0.00329. The molecule has 0 unspecified atom stereocenters. The predicted molar refractivity (Wildman–Crippen MR) is 60.0 cm³/mol. The monoisotopic (exact) mass is 220 g/mol. The lowest BCUT2D eigenvalue weighted by Crippen LogP contribution is -2.23. The van der Waals surface area contributed by atoms with Gasteiger partial charge >= 0.3 is 5.97 Å². The fraction of sp³-hybridized carbons (Fsp3) is 0.500. The van der Waals surface area contributed by atoms with Crippen LogP contribution >= 0.6 is 0 Å². The molecule has 1 fully saturated rings. The molecule has 2 heterocycles. The Hall–Kier alpha value is -1.42. The number of esters is 1. The average molecular weight is 220 g/mol. The third-order valence-corrected chi connectivity index (χ3v) is 3.12. The summed E-state index contributed by atoms with van der Waals surface area (Å²) in [5.41, 5.74) is 1.11. The lowest BCUT2D eigenvalue weighted by atomic mass is 9.90. The van der Waals surface area contributed by atoms with Crippen LogP contribution < -0.4 is 0 Å². The van der Waals surface area contributed by atoms with Gasteiger partial charge in [0.15, 0.2) is 0 Å². The molecule has 0 saturated carbocycles. The molecule has 0 aromatic carbocycles. The summed E-state index contributed by atoms with van der Waals surface area (Å²) < 4.78 is 4.85. The van der Waals surface area contributed by atoms with Crippen molar-refractivity contribution in [3.05, 3.63) is 30.1 Å². The van der Waals surface area contributed by atoms with Crippen molar-refractivity contribution in [2.45, 2.75) is 5.92 Å². The number of hydrogen-bond donors (Lipinski definition) is 0. The van der Waals surface area contributed by atoms with E-state index >= 15 is 0 Å². The van der Waals surface area contributed by atoms with Gasteiger partial charge in [-0.25, -0.2) is 0 Å². The highest BCUT2D eigenvalue weighted by Gasteiger charge is 2.37. The van der Waals surface area contributed by atoms with Gasteiger partial charge in [0, 0.05) is 31.4 Å². The van der Waals surface area contributed by atoms with E-state index in [0.717, 1.165) is 18.7 Å². The molecule has 4 heteroatoms. The second kappa shape index (κ2) is 4.61. The van der Waals surface area contributed by atoms with Crippen molar-refractivity contribution < 1.29 is 9.53 Å². The highest BCUT2D eigenvalue weighted by Crippen LogP contribution is 2.32. The maximum atomic E-state index is 11.7. The molecule has 1 aromatic rings. The van der Waals surface area contributed by atoms with Gasteiger partial charge in [0.05, 0.1) is 13.0 Å². The first-order valence-electron chi connectivity index (χ1n) is 5.38. The number of likely N-dealkylation sites (tertiary alicyclic amines) is 1. The Labute approximate surface area is 95.2 Å². The van der Waals surface area contributed by atoms with Gasteiger partial charge in [0.1, 0.15) is 0 Å². The Kier molecular flexibility index (Phi) is 3.19. The van der Waals surface area contributed by atoms with Gasteiger partial charge in [-0.15, -0.1) is 0 Å². The van der Waals surface area contributed by atoms with E-state index in [1.165, 1.54) is 7.11 Å². The molecule has 0 spiro atoms. The number of nitrogens with zero attached hydrogens (tertiary/aromatic N) is 2. The molecule has 0 bridgehead atoms. The first-order valence-corrected chi connectivity index (χ1v) is 5.38. The number of hydrogen-bond acceptors (Lipinski definition) is 4. The Morgan fingerprint density at radius 3 is 3.00 bits per heavy atom. The third-order valence-electron chi connectivity index (χ3n) is 3.12. The van der Waals surface area contributed by atoms with Gasteiger partial charge < -0.3 is 9.64 Å². The number of carbonyl (C=O) groups is 1. The molecular formula is C12H16N2O2. The van der Waals surface area contributed by atoms with E-state index < -0.39 is 0 Å². The van der Waals surface area contributed by atoms with E-state index in [2.05, 4.69) is 9.88 Å². The summed E-state index contributed by atoms with van der Waals surface area (Å²) in [6.07, 6.45) is 3.58. The molecule has 86 valence electrons. The van der Waals surface area contributed by atoms with Crippen LogP contribution in [0.1, 0.15) is 11.5 Å². The number of ether oxygens (including phenoxy) is 1. The van der Waals surface area contributed by atoms with Crippen LogP contribution in [0, 0.1) is 5.92 Å². The van der Waals surface area contributed by atoms with Crippen molar-refractivity contribution >= 4 is 5.97 Å². The molecule has 1 aliphatic rings. The summed E-state index contributed by atoms with van der Waals surface area (Å²) in [4.78, 5) is 17.9. The van der Waals surface area contributed by atoms with E-state index in [1.54, 1.807) is 6.20 Å². The lowest BCUT2D eigenvalue weighted by molar-refractivity contribution is -0.145. The molecular weight excluding hydrogens is 204 g/mol. The van der Waals surface area contributed by atoms with Crippen LogP contribution in [-0.4, -0.2) is 43.1 Å². The SMILES string of the molecule is COC(=O)[C@@H]1CN(C)C[C@H]1c1cccnc1. The van der Waals surface area contributed by atoms with Crippen LogP contribution in [0.25, 0.3) is 0 Å². The van der Waals surface area contributed by atoms with Gasteiger partial charge in [-0.3, -0.25) is 9.78 Å². The average Bonchev–Trinajstić information content (AvgIpc) is 2.71. The molecule has 0 N–H and O–H groups in total. The Morgan fingerprint density at radius 2 is 2.38 bits per heavy atom. The first kappa shape index (κ1) is 11.1. The van der Waals surface area contributed by atoms with Crippen molar-refractivity contribution in [3.8, 4) is 0 Å². The second-order valence-electron chi connectivity index (χ2n) is 4.24. The molecule has 1 aliphatic heterocycles. The van der Waals surface area contributed by atoms with Crippen molar-refractivity contribution in [2.75, 3.05) is 27.2 Å². The van der Waals surface area contributed by atoms with E-state index in [0.29, 0.717) is 0 Å². The van der Waals surface area contributed by atoms with Gasteiger partial charge in [0.25, 0.3) is 0 Å². The van der Waals surface area contributed by atoms with Crippen molar-refractivity contribution in [3.63, 3.8) is 0 Å². The summed E-state index contributed by atoms with van der Waals surface area (Å²) in [7, 11) is 3.47. The summed E-state index contributed by atoms with van der Waals surface area (Å²) in [6.45, 7) is 1.64. The van der Waals surface area contributed by atoms with Gasteiger partial charge in [-0.05, 0) is 18.7 Å². The molecule has 0 amide bonds. The van der Waals surface area contributed by atoms with Crippen LogP contribution in [0.4, 0.5) is 0 Å². The minimum absolute atomic E-state index is 0.0702. The first-order chi connectivity index (χ1) is 7.72. The maximum absolute atomic E-state index is 11.7. The standard InChI is InChI=1S/C12H16N2O2/c1-14-7-10(9-4-3-5-13-6-9)11(8-14)12(15)16-2/h3-6,10-11H,7-8H2,1-2H3/t10-,11+/m0/s1. The van der Waals surface area contributed by atoms with Crippen molar-refractivity contribution in [2.24, 2.45) is 5.92 Å². The number of methoxy groups -OCH3 is 1. The zero-order valence-electron chi connectivity index (χ0n) is 9.59. The van der Waals surface area contributed by atoms with Gasteiger partial charge in [-0.2, -0.15) is 0 Å². The lowest BCUT2D eigenvalue weighted by Gasteiger charge is -2.15. The fourth-order valence-electron chi connectivity index (χ4n) is 2.32. The minimum Gasteiger partial charge on any atom is -0.469 e. The van der Waals surface area contributed by atoms with E-state index in [4.69, 9.17) is 4.74 Å². The highest BCUT2D eigenvalue weighted by molar-refractivity contribution is 5.74. The zero-order valence-corrected chi connectivity index (χ0v) is 9.59. The van der Waals surface area contributed by atoms with E-state index in [-0.39, 0.29) is 17.8 Å². The van der Waals surface area contributed by atoms with E-state index in [1.807, 2.05) is 25.4 Å². The normalized spacial score (nSPS) is 25.6. The predicted octanol–water partition coefficient (Wildman–Crippen LogP) is 0.900. The van der Waals surface area contributed by atoms with Crippen molar-refractivity contribution in [1.29, 1.82) is 0 Å². The molecule has 1 saturated heterocycles. The molecule has 16 heavy (non-hydrogen) atoms. The Morgan fingerprint density at radius 1 is 1.56 bits per heavy atom. The largest absolute Gasteiger partial charge is 0.469 e. The molecule has 2 rings (SSSR count). The molecule has 0 aliphatic carbocycles. The quantitative estimate of drug-likeness (QED) is 0.694. The fourth-order valence-corrected chi connectivity index (χ4v) is 2.32. The number of likely N-dealkylation sites (N-methyl/N-ethyl adjacent to an activating group) is 1. The van der Waals surface area contributed by atoms with E-state index in [9.17, 15) is 4.79 Å². The van der Waals surface area contributed by atoms with Crippen LogP contribution in [0.5, 0.6) is 0 Å². The summed E-state index contributed by atoms with van der Waals surface area (Å²) in [6, 6.07) is 3.93. The molecule has 0 radical (unpaired) electrons. The number of pyridine rings is 1. The Balaban J connectivity index is 2.22. The highest BCUT2D eigenvalue weighted by atomic mass is 16.5. The second-order valence-corrected chi connectivity index (χ2v) is 4.24. The molecule has 1 aromatic heterocycles. The zero-order chi connectivity index (χ0) is 11.5. The maximum Gasteiger partial charge on any atom is 0.310 e. The molecule has 2 atom stereocenters. The molecule has 4 nitrogen and oxygen atoms in total. The van der Waals surface area contributed by atoms with Crippen LogP contribution in [-0.2, 0) is 9.53 Å². The van der Waals surface area contributed by atoms with Gasteiger partial charge in [-0.1, -0.05) is 6.07 Å². The number of rotatable bonds is 2. The number of carbonyl (C=O) groups excluding carboxylic acids is 1. The Bertz CT molecular complexity index is 367. The minimum atomic E-state index is -0.127. The number of aromatic nitrogens is 1.